The second kappa shape index (κ2) is 6.25. The van der Waals surface area contributed by atoms with E-state index in [2.05, 4.69) is 15.6 Å². The van der Waals surface area contributed by atoms with Crippen molar-refractivity contribution in [2.24, 2.45) is 0 Å². The Morgan fingerprint density at radius 3 is 2.96 bits per heavy atom. The number of carbonyl (C=O) groups is 2. The maximum atomic E-state index is 12.9. The zero-order chi connectivity index (χ0) is 17.4. The molecule has 1 aliphatic heterocycles. The van der Waals surface area contributed by atoms with Gasteiger partial charge in [-0.1, -0.05) is 18.2 Å². The lowest BCUT2D eigenvalue weighted by Gasteiger charge is -2.25. The summed E-state index contributed by atoms with van der Waals surface area (Å²) in [5.41, 5.74) is 2.30. The van der Waals surface area contributed by atoms with Crippen LogP contribution in [0.15, 0.2) is 53.4 Å². The molecule has 0 radical (unpaired) electrons. The SMILES string of the molecule is CSc1cccc(NC(=O)C2CC(=O)Nc3nc4ccccc4n32)c1. The van der Waals surface area contributed by atoms with E-state index < -0.39 is 6.04 Å². The van der Waals surface area contributed by atoms with E-state index in [1.54, 1.807) is 16.3 Å². The number of hydrogen-bond acceptors (Lipinski definition) is 4. The molecule has 3 aromatic rings. The summed E-state index contributed by atoms with van der Waals surface area (Å²) in [6.07, 6.45) is 2.07. The number of aromatic nitrogens is 2. The smallest absolute Gasteiger partial charge is 0.248 e. The first kappa shape index (κ1) is 15.7. The molecule has 25 heavy (non-hydrogen) atoms. The molecule has 1 atom stereocenters. The van der Waals surface area contributed by atoms with Crippen molar-refractivity contribution in [3.63, 3.8) is 0 Å². The number of fused-ring (bicyclic) bond motifs is 3. The summed E-state index contributed by atoms with van der Waals surface area (Å²) in [7, 11) is 0. The minimum atomic E-state index is -0.630. The van der Waals surface area contributed by atoms with Crippen molar-refractivity contribution in [3.8, 4) is 0 Å². The Morgan fingerprint density at radius 1 is 1.28 bits per heavy atom. The number of imidazole rings is 1. The molecule has 1 aliphatic rings. The number of carbonyl (C=O) groups excluding carboxylic acids is 2. The van der Waals surface area contributed by atoms with E-state index in [9.17, 15) is 9.59 Å². The third-order valence-corrected chi connectivity index (χ3v) is 4.90. The van der Waals surface area contributed by atoms with E-state index in [-0.39, 0.29) is 18.2 Å². The first-order chi connectivity index (χ1) is 12.2. The van der Waals surface area contributed by atoms with Gasteiger partial charge < -0.3 is 5.32 Å². The molecule has 2 N–H and O–H groups in total. The van der Waals surface area contributed by atoms with Crippen LogP contribution in [0.3, 0.4) is 0 Å². The van der Waals surface area contributed by atoms with Crippen LogP contribution in [-0.4, -0.2) is 27.6 Å². The van der Waals surface area contributed by atoms with Gasteiger partial charge in [0.25, 0.3) is 0 Å². The molecule has 0 spiro atoms. The molecular weight excluding hydrogens is 336 g/mol. The van der Waals surface area contributed by atoms with Gasteiger partial charge in [0.05, 0.1) is 17.5 Å². The van der Waals surface area contributed by atoms with Crippen LogP contribution in [0, 0.1) is 0 Å². The summed E-state index contributed by atoms with van der Waals surface area (Å²) < 4.78 is 1.80. The Hall–Kier alpha value is -2.80. The Morgan fingerprint density at radius 2 is 2.12 bits per heavy atom. The lowest BCUT2D eigenvalue weighted by atomic mass is 10.1. The quantitative estimate of drug-likeness (QED) is 0.709. The Labute approximate surface area is 148 Å². The van der Waals surface area contributed by atoms with Crippen LogP contribution in [0.5, 0.6) is 0 Å². The standard InChI is InChI=1S/C18H16N4O2S/c1-25-12-6-4-5-11(9-12)19-17(24)15-10-16(23)21-18-20-13-7-2-3-8-14(13)22(15)18/h2-9,15H,10H2,1H3,(H,19,24)(H,20,21,23). The molecule has 2 heterocycles. The fraction of sp³-hybridized carbons (Fsp3) is 0.167. The maximum absolute atomic E-state index is 12.9. The van der Waals surface area contributed by atoms with Gasteiger partial charge >= 0.3 is 0 Å². The number of hydrogen-bond donors (Lipinski definition) is 2. The van der Waals surface area contributed by atoms with Gasteiger partial charge in [-0.05, 0) is 36.6 Å². The number of benzene rings is 2. The van der Waals surface area contributed by atoms with Gasteiger partial charge in [-0.3, -0.25) is 19.5 Å². The number of para-hydroxylation sites is 2. The number of thioether (sulfide) groups is 1. The monoisotopic (exact) mass is 352 g/mol. The van der Waals surface area contributed by atoms with Gasteiger partial charge in [0.2, 0.25) is 17.8 Å². The molecule has 0 aliphatic carbocycles. The van der Waals surface area contributed by atoms with E-state index in [0.29, 0.717) is 11.6 Å². The van der Waals surface area contributed by atoms with Crippen molar-refractivity contribution in [1.29, 1.82) is 0 Å². The summed E-state index contributed by atoms with van der Waals surface area (Å²) in [5.74, 6) is -0.0196. The third kappa shape index (κ3) is 2.87. The number of nitrogens with zero attached hydrogens (tertiary/aromatic N) is 2. The largest absolute Gasteiger partial charge is 0.324 e. The summed E-state index contributed by atoms with van der Waals surface area (Å²) in [5, 5.41) is 5.67. The zero-order valence-corrected chi connectivity index (χ0v) is 14.3. The predicted octanol–water partition coefficient (Wildman–Crippen LogP) is 3.28. The van der Waals surface area contributed by atoms with Crippen molar-refractivity contribution in [2.45, 2.75) is 17.4 Å². The van der Waals surface area contributed by atoms with Crippen LogP contribution in [0.4, 0.5) is 11.6 Å². The molecule has 4 rings (SSSR count). The Kier molecular flexibility index (Phi) is 3.93. The fourth-order valence-electron chi connectivity index (χ4n) is 3.03. The fourth-order valence-corrected chi connectivity index (χ4v) is 3.49. The molecule has 2 aromatic carbocycles. The Bertz CT molecular complexity index is 982. The van der Waals surface area contributed by atoms with Crippen LogP contribution in [0.25, 0.3) is 11.0 Å². The van der Waals surface area contributed by atoms with Gasteiger partial charge in [0.15, 0.2) is 0 Å². The molecule has 0 saturated heterocycles. The molecule has 1 aromatic heterocycles. The van der Waals surface area contributed by atoms with Crippen LogP contribution in [0.1, 0.15) is 12.5 Å². The van der Waals surface area contributed by atoms with Gasteiger partial charge in [-0.15, -0.1) is 11.8 Å². The molecule has 7 heteroatoms. The molecule has 0 fully saturated rings. The molecule has 1 unspecified atom stereocenters. The number of nitrogens with one attached hydrogen (secondary N) is 2. The van der Waals surface area contributed by atoms with E-state index in [1.165, 1.54) is 0 Å². The highest BCUT2D eigenvalue weighted by Gasteiger charge is 2.32. The maximum Gasteiger partial charge on any atom is 0.248 e. The third-order valence-electron chi connectivity index (χ3n) is 4.18. The van der Waals surface area contributed by atoms with Crippen LogP contribution >= 0.6 is 11.8 Å². The second-order valence-electron chi connectivity index (χ2n) is 5.78. The van der Waals surface area contributed by atoms with E-state index in [0.717, 1.165) is 15.9 Å². The summed E-state index contributed by atoms with van der Waals surface area (Å²) in [6.45, 7) is 0. The topological polar surface area (TPSA) is 76.0 Å². The second-order valence-corrected chi connectivity index (χ2v) is 6.66. The van der Waals surface area contributed by atoms with Crippen molar-refractivity contribution < 1.29 is 9.59 Å². The minimum absolute atomic E-state index is 0.0847. The number of amides is 2. The Balaban J connectivity index is 1.70. The van der Waals surface area contributed by atoms with Crippen molar-refractivity contribution >= 4 is 46.2 Å². The molecule has 126 valence electrons. The van der Waals surface area contributed by atoms with Gasteiger partial charge in [0.1, 0.15) is 6.04 Å². The van der Waals surface area contributed by atoms with Gasteiger partial charge in [-0.25, -0.2) is 4.98 Å². The highest BCUT2D eigenvalue weighted by molar-refractivity contribution is 7.98. The minimum Gasteiger partial charge on any atom is -0.324 e. The molecule has 0 saturated carbocycles. The lowest BCUT2D eigenvalue weighted by Crippen LogP contribution is -2.35. The van der Waals surface area contributed by atoms with Crippen LogP contribution in [0.2, 0.25) is 0 Å². The normalized spacial score (nSPS) is 16.4. The highest BCUT2D eigenvalue weighted by Crippen LogP contribution is 2.31. The average Bonchev–Trinajstić information content (AvgIpc) is 2.99. The number of anilines is 2. The van der Waals surface area contributed by atoms with E-state index in [4.69, 9.17) is 0 Å². The summed E-state index contributed by atoms with van der Waals surface area (Å²) in [4.78, 5) is 30.4. The predicted molar refractivity (Wildman–Crippen MR) is 98.9 cm³/mol. The van der Waals surface area contributed by atoms with Gasteiger partial charge in [0, 0.05) is 10.6 Å². The first-order valence-corrected chi connectivity index (χ1v) is 9.10. The van der Waals surface area contributed by atoms with Crippen molar-refractivity contribution in [1.82, 2.24) is 9.55 Å². The molecular formula is C18H16N4O2S. The summed E-state index contributed by atoms with van der Waals surface area (Å²) in [6, 6.07) is 14.5. The highest BCUT2D eigenvalue weighted by atomic mass is 32.2. The first-order valence-electron chi connectivity index (χ1n) is 7.87. The van der Waals surface area contributed by atoms with Crippen molar-refractivity contribution in [3.05, 3.63) is 48.5 Å². The average molecular weight is 352 g/mol. The van der Waals surface area contributed by atoms with Gasteiger partial charge in [-0.2, -0.15) is 0 Å². The lowest BCUT2D eigenvalue weighted by molar-refractivity contribution is -0.124. The molecule has 2 amide bonds. The van der Waals surface area contributed by atoms with Crippen LogP contribution in [-0.2, 0) is 9.59 Å². The van der Waals surface area contributed by atoms with Crippen molar-refractivity contribution in [2.75, 3.05) is 16.9 Å². The van der Waals surface area contributed by atoms with E-state index >= 15 is 0 Å². The molecule has 0 bridgehead atoms. The molecule has 6 nitrogen and oxygen atoms in total. The number of rotatable bonds is 3. The summed E-state index contributed by atoms with van der Waals surface area (Å²) >= 11 is 1.61. The van der Waals surface area contributed by atoms with E-state index in [1.807, 2.05) is 54.8 Å². The van der Waals surface area contributed by atoms with Crippen LogP contribution < -0.4 is 10.6 Å². The zero-order valence-electron chi connectivity index (χ0n) is 13.5.